The lowest BCUT2D eigenvalue weighted by atomic mass is 10.0. The molecule has 0 bridgehead atoms. The van der Waals surface area contributed by atoms with Crippen molar-refractivity contribution < 1.29 is 26.3 Å². The summed E-state index contributed by atoms with van der Waals surface area (Å²) in [7, 11) is 0. The molecule has 1 nitrogen and oxygen atoms in total. The normalized spacial score (nSPS) is 13.8. The summed E-state index contributed by atoms with van der Waals surface area (Å²) < 4.78 is 74.7. The molecule has 1 rings (SSSR count). The zero-order chi connectivity index (χ0) is 13.2. The molecule has 1 atom stereocenters. The molecule has 0 aliphatic heterocycles. The van der Waals surface area contributed by atoms with Crippen LogP contribution in [0.2, 0.25) is 0 Å². The number of nitrogens with two attached hydrogens (primary N) is 1. The van der Waals surface area contributed by atoms with Gasteiger partial charge in [-0.15, -0.1) is 0 Å². The zero-order valence-corrected chi connectivity index (χ0v) is 8.49. The summed E-state index contributed by atoms with van der Waals surface area (Å²) in [5.41, 5.74) is 4.37. The SMILES string of the molecule is N[C@@H](CCC(F)(F)F)c1c(F)ccc(F)c1F. The average Bonchev–Trinajstić information content (AvgIpc) is 2.20. The second-order valence-electron chi connectivity index (χ2n) is 3.52. The molecule has 0 radical (unpaired) electrons. The Morgan fingerprint density at radius 2 is 1.59 bits per heavy atom. The molecule has 0 aliphatic carbocycles. The van der Waals surface area contributed by atoms with Crippen molar-refractivity contribution in [3.8, 4) is 0 Å². The van der Waals surface area contributed by atoms with Crippen LogP contribution in [0.4, 0.5) is 26.3 Å². The van der Waals surface area contributed by atoms with E-state index >= 15 is 0 Å². The van der Waals surface area contributed by atoms with E-state index in [-0.39, 0.29) is 0 Å². The Morgan fingerprint density at radius 1 is 1.06 bits per heavy atom. The molecule has 0 unspecified atom stereocenters. The lowest BCUT2D eigenvalue weighted by Gasteiger charge is -2.15. The van der Waals surface area contributed by atoms with E-state index < -0.39 is 48.1 Å². The van der Waals surface area contributed by atoms with Crippen LogP contribution in [0.3, 0.4) is 0 Å². The number of hydrogen-bond donors (Lipinski definition) is 1. The predicted molar refractivity (Wildman–Crippen MR) is 48.5 cm³/mol. The van der Waals surface area contributed by atoms with Crippen molar-refractivity contribution in [3.05, 3.63) is 35.1 Å². The van der Waals surface area contributed by atoms with Crippen LogP contribution in [0.1, 0.15) is 24.4 Å². The minimum absolute atomic E-state index is 0.546. The van der Waals surface area contributed by atoms with E-state index in [0.717, 1.165) is 0 Å². The van der Waals surface area contributed by atoms with Crippen LogP contribution in [0.25, 0.3) is 0 Å². The quantitative estimate of drug-likeness (QED) is 0.651. The summed E-state index contributed by atoms with van der Waals surface area (Å²) in [5.74, 6) is -4.04. The summed E-state index contributed by atoms with van der Waals surface area (Å²) in [6.07, 6.45) is -6.47. The van der Waals surface area contributed by atoms with Crippen molar-refractivity contribution in [3.63, 3.8) is 0 Å². The predicted octanol–water partition coefficient (Wildman–Crippen LogP) is 3.45. The van der Waals surface area contributed by atoms with Gasteiger partial charge in [0.15, 0.2) is 11.6 Å². The Hall–Kier alpha value is -1.24. The second-order valence-corrected chi connectivity index (χ2v) is 3.52. The molecule has 0 saturated carbocycles. The Bertz CT molecular complexity index is 401. The van der Waals surface area contributed by atoms with Crippen LogP contribution in [0, 0.1) is 17.5 Å². The zero-order valence-electron chi connectivity index (χ0n) is 8.49. The van der Waals surface area contributed by atoms with Gasteiger partial charge in [-0.25, -0.2) is 13.2 Å². The molecule has 0 fully saturated rings. The molecule has 0 aromatic heterocycles. The third-order valence-electron chi connectivity index (χ3n) is 2.19. The smallest absolute Gasteiger partial charge is 0.324 e. The largest absolute Gasteiger partial charge is 0.389 e. The van der Waals surface area contributed by atoms with Crippen molar-refractivity contribution in [2.45, 2.75) is 25.1 Å². The van der Waals surface area contributed by atoms with Gasteiger partial charge >= 0.3 is 6.18 Å². The maximum absolute atomic E-state index is 13.2. The highest BCUT2D eigenvalue weighted by atomic mass is 19.4. The van der Waals surface area contributed by atoms with Crippen LogP contribution in [-0.4, -0.2) is 6.18 Å². The number of benzene rings is 1. The van der Waals surface area contributed by atoms with Crippen molar-refractivity contribution >= 4 is 0 Å². The first-order chi connectivity index (χ1) is 7.72. The highest BCUT2D eigenvalue weighted by Crippen LogP contribution is 2.29. The van der Waals surface area contributed by atoms with Gasteiger partial charge in [-0.2, -0.15) is 13.2 Å². The monoisotopic (exact) mass is 257 g/mol. The van der Waals surface area contributed by atoms with Crippen molar-refractivity contribution in [2.75, 3.05) is 0 Å². The van der Waals surface area contributed by atoms with E-state index in [2.05, 4.69) is 0 Å². The molecule has 0 heterocycles. The molecular weight excluding hydrogens is 248 g/mol. The molecule has 1 aromatic rings. The van der Waals surface area contributed by atoms with Crippen molar-refractivity contribution in [1.82, 2.24) is 0 Å². The Morgan fingerprint density at radius 3 is 2.12 bits per heavy atom. The Labute approximate surface area is 93.2 Å². The van der Waals surface area contributed by atoms with E-state index in [9.17, 15) is 26.3 Å². The lowest BCUT2D eigenvalue weighted by Crippen LogP contribution is -2.18. The first-order valence-corrected chi connectivity index (χ1v) is 4.68. The van der Waals surface area contributed by atoms with Gasteiger partial charge in [0.1, 0.15) is 5.82 Å². The molecule has 0 aliphatic rings. The topological polar surface area (TPSA) is 26.0 Å². The standard InChI is InChI=1S/C10H9F6N/c11-5-1-2-6(12)9(13)8(5)7(17)3-4-10(14,15)16/h1-2,7H,3-4,17H2/t7-/m0/s1. The van der Waals surface area contributed by atoms with Crippen molar-refractivity contribution in [2.24, 2.45) is 5.73 Å². The summed E-state index contributed by atoms with van der Waals surface area (Å²) in [6.45, 7) is 0. The van der Waals surface area contributed by atoms with E-state index in [4.69, 9.17) is 5.73 Å². The number of rotatable bonds is 3. The molecule has 0 amide bonds. The molecule has 1 aromatic carbocycles. The first-order valence-electron chi connectivity index (χ1n) is 4.68. The minimum atomic E-state index is -4.47. The lowest BCUT2D eigenvalue weighted by molar-refractivity contribution is -0.136. The fourth-order valence-corrected chi connectivity index (χ4v) is 1.35. The third-order valence-corrected chi connectivity index (χ3v) is 2.19. The minimum Gasteiger partial charge on any atom is -0.324 e. The van der Waals surface area contributed by atoms with E-state index in [1.54, 1.807) is 0 Å². The summed E-state index contributed by atoms with van der Waals surface area (Å²) in [5, 5.41) is 0. The van der Waals surface area contributed by atoms with Crippen LogP contribution in [0.15, 0.2) is 12.1 Å². The van der Waals surface area contributed by atoms with E-state index in [1.165, 1.54) is 0 Å². The maximum Gasteiger partial charge on any atom is 0.389 e. The summed E-state index contributed by atoms with van der Waals surface area (Å²) >= 11 is 0. The summed E-state index contributed by atoms with van der Waals surface area (Å²) in [4.78, 5) is 0. The third kappa shape index (κ3) is 3.62. The number of halogens is 6. The molecule has 0 spiro atoms. The first kappa shape index (κ1) is 13.8. The second kappa shape index (κ2) is 4.95. The van der Waals surface area contributed by atoms with Gasteiger partial charge in [-0.05, 0) is 18.6 Å². The number of alkyl halides is 3. The average molecular weight is 257 g/mol. The van der Waals surface area contributed by atoms with Crippen LogP contribution in [-0.2, 0) is 0 Å². The molecule has 17 heavy (non-hydrogen) atoms. The number of hydrogen-bond acceptors (Lipinski definition) is 1. The molecule has 0 saturated heterocycles. The van der Waals surface area contributed by atoms with Gasteiger partial charge in [-0.1, -0.05) is 0 Å². The van der Waals surface area contributed by atoms with E-state index in [1.807, 2.05) is 0 Å². The van der Waals surface area contributed by atoms with Gasteiger partial charge < -0.3 is 5.73 Å². The molecule has 2 N–H and O–H groups in total. The fourth-order valence-electron chi connectivity index (χ4n) is 1.35. The van der Waals surface area contributed by atoms with Gasteiger partial charge in [0, 0.05) is 18.0 Å². The van der Waals surface area contributed by atoms with Crippen molar-refractivity contribution in [1.29, 1.82) is 0 Å². The van der Waals surface area contributed by atoms with Gasteiger partial charge in [0.2, 0.25) is 0 Å². The molecule has 7 heteroatoms. The fraction of sp³-hybridized carbons (Fsp3) is 0.400. The maximum atomic E-state index is 13.2. The van der Waals surface area contributed by atoms with Gasteiger partial charge in [0.05, 0.1) is 0 Å². The van der Waals surface area contributed by atoms with E-state index in [0.29, 0.717) is 12.1 Å². The van der Waals surface area contributed by atoms with Crippen LogP contribution >= 0.6 is 0 Å². The molecular formula is C10H9F6N. The van der Waals surface area contributed by atoms with Crippen LogP contribution < -0.4 is 5.73 Å². The Balaban J connectivity index is 2.89. The highest BCUT2D eigenvalue weighted by Gasteiger charge is 2.29. The highest BCUT2D eigenvalue weighted by molar-refractivity contribution is 5.24. The molecule has 96 valence electrons. The summed E-state index contributed by atoms with van der Waals surface area (Å²) in [6, 6.07) is -0.362. The van der Waals surface area contributed by atoms with Crippen LogP contribution in [0.5, 0.6) is 0 Å². The van der Waals surface area contributed by atoms with Gasteiger partial charge in [-0.3, -0.25) is 0 Å². The Kier molecular flexibility index (Phi) is 4.03. The van der Waals surface area contributed by atoms with Gasteiger partial charge in [0.25, 0.3) is 0 Å².